The first-order valence-electron chi connectivity index (χ1n) is 17.0. The number of carbonyl (C=O) groups excluding carboxylic acids is 7. The van der Waals surface area contributed by atoms with Gasteiger partial charge in [0.05, 0.1) is 12.1 Å². The van der Waals surface area contributed by atoms with Crippen LogP contribution in [-0.2, 0) is 28.8 Å². The molecule has 7 amide bonds. The van der Waals surface area contributed by atoms with Gasteiger partial charge in [0.1, 0.15) is 16.9 Å². The number of imide groups is 1. The summed E-state index contributed by atoms with van der Waals surface area (Å²) in [5.41, 5.74) is -1.40. The minimum atomic E-state index is -1.19. The molecule has 5 atom stereocenters. The Kier molecular flexibility index (Phi) is 15.6. The van der Waals surface area contributed by atoms with E-state index >= 15 is 0 Å². The van der Waals surface area contributed by atoms with E-state index in [1.807, 2.05) is 27.7 Å². The molecule has 2 aliphatic heterocycles. The fraction of sp³-hybridized carbons (Fsp3) is 0.735. The molecule has 4 N–H and O–H groups in total. The normalized spacial score (nSPS) is 20.4. The first kappa shape index (κ1) is 42.0. The highest BCUT2D eigenvalue weighted by Crippen LogP contribution is 2.34. The molecule has 276 valence electrons. The predicted octanol–water partition coefficient (Wildman–Crippen LogP) is 3.22. The molecule has 0 aliphatic carbocycles. The molecule has 0 aromatic carbocycles. The summed E-state index contributed by atoms with van der Waals surface area (Å²) in [6.45, 7) is 16.5. The molecule has 2 heterocycles. The molecule has 0 saturated carbocycles. The Hall–Kier alpha value is -3.19. The Balaban J connectivity index is 2.34. The molecule has 1 unspecified atom stereocenters. The number of piperidine rings is 1. The number of alkyl halides is 2. The van der Waals surface area contributed by atoms with Gasteiger partial charge in [-0.3, -0.25) is 33.7 Å². The first-order chi connectivity index (χ1) is 22.7. The van der Waals surface area contributed by atoms with Crippen LogP contribution in [0.15, 0.2) is 12.7 Å². The summed E-state index contributed by atoms with van der Waals surface area (Å²) >= 11 is 12.6. The molecule has 0 bridgehead atoms. The van der Waals surface area contributed by atoms with Gasteiger partial charge in [0.15, 0.2) is 0 Å². The molecule has 2 saturated heterocycles. The number of nitrogens with one attached hydrogen (secondary N) is 4. The number of hydrogen-bond acceptors (Lipinski definition) is 7. The lowest BCUT2D eigenvalue weighted by Gasteiger charge is -2.39. The quantitative estimate of drug-likeness (QED) is 0.0867. The zero-order valence-electron chi connectivity index (χ0n) is 29.8. The lowest BCUT2D eigenvalue weighted by Crippen LogP contribution is -2.62. The van der Waals surface area contributed by atoms with Crippen LogP contribution in [-0.4, -0.2) is 99.8 Å². The van der Waals surface area contributed by atoms with Crippen LogP contribution in [0.25, 0.3) is 0 Å². The Morgan fingerprint density at radius 3 is 2.08 bits per heavy atom. The Morgan fingerprint density at radius 2 is 1.57 bits per heavy atom. The standard InChI is InChI=1S/C34H54Cl2N6O7/c1-9-11-13-21(26(45)30(47)37-17-10-2)38-29(46)25-20(28(35)36)16-18-41(25)31(48)27(34(6,7)8)40-32(49)39-22(33(3,4)5)19-42-23(43)14-12-15-24(42)44/h10,20-22,25,27-28H,2,9,11-19H2,1,3-8H3,(H,37,47)(H,38,46)(H2,39,40,49)/t20-,21?,22+,25-,27+/m0/s1. The second kappa shape index (κ2) is 18.2. The van der Waals surface area contributed by atoms with E-state index in [4.69, 9.17) is 23.2 Å². The second-order valence-electron chi connectivity index (χ2n) is 14.9. The van der Waals surface area contributed by atoms with Crippen LogP contribution < -0.4 is 21.3 Å². The van der Waals surface area contributed by atoms with Gasteiger partial charge < -0.3 is 26.2 Å². The molecular formula is C34H54Cl2N6O7. The lowest BCUT2D eigenvalue weighted by molar-refractivity contribution is -0.148. The minimum Gasteiger partial charge on any atom is -0.346 e. The Bertz CT molecular complexity index is 1250. The van der Waals surface area contributed by atoms with Gasteiger partial charge in [0, 0.05) is 38.4 Å². The fourth-order valence-corrected chi connectivity index (χ4v) is 6.40. The molecule has 0 spiro atoms. The third-order valence-corrected chi connectivity index (χ3v) is 9.57. The molecular weight excluding hydrogens is 675 g/mol. The van der Waals surface area contributed by atoms with E-state index < -0.39 is 75.3 Å². The summed E-state index contributed by atoms with van der Waals surface area (Å²) in [7, 11) is 0. The number of unbranched alkanes of at least 4 members (excludes halogenated alkanes) is 1. The van der Waals surface area contributed by atoms with Crippen molar-refractivity contribution in [3.05, 3.63) is 12.7 Å². The van der Waals surface area contributed by atoms with Crippen molar-refractivity contribution < 1.29 is 33.6 Å². The zero-order chi connectivity index (χ0) is 37.3. The average Bonchev–Trinajstić information content (AvgIpc) is 3.46. The van der Waals surface area contributed by atoms with Crippen LogP contribution in [0, 0.1) is 16.7 Å². The molecule has 2 aliphatic rings. The number of carbonyl (C=O) groups is 7. The van der Waals surface area contributed by atoms with E-state index in [1.165, 1.54) is 15.9 Å². The summed E-state index contributed by atoms with van der Waals surface area (Å²) < 4.78 is 0. The van der Waals surface area contributed by atoms with Crippen LogP contribution in [0.4, 0.5) is 4.79 Å². The van der Waals surface area contributed by atoms with Crippen molar-refractivity contribution in [1.82, 2.24) is 31.1 Å². The first-order valence-corrected chi connectivity index (χ1v) is 17.8. The number of likely N-dealkylation sites (tertiary alicyclic amines) is 2. The highest BCUT2D eigenvalue weighted by atomic mass is 35.5. The molecule has 15 heteroatoms. The van der Waals surface area contributed by atoms with E-state index in [2.05, 4.69) is 27.8 Å². The maximum Gasteiger partial charge on any atom is 0.315 e. The van der Waals surface area contributed by atoms with Gasteiger partial charge >= 0.3 is 6.03 Å². The number of urea groups is 1. The van der Waals surface area contributed by atoms with Crippen molar-refractivity contribution in [2.75, 3.05) is 19.6 Å². The summed E-state index contributed by atoms with van der Waals surface area (Å²) in [4.78, 5) is 93.8. The van der Waals surface area contributed by atoms with Crippen LogP contribution in [0.1, 0.15) is 93.4 Å². The number of halogens is 2. The number of ketones is 1. The predicted molar refractivity (Wildman–Crippen MR) is 187 cm³/mol. The molecule has 13 nitrogen and oxygen atoms in total. The number of nitrogens with zero attached hydrogens (tertiary/aromatic N) is 2. The highest BCUT2D eigenvalue weighted by Gasteiger charge is 2.49. The van der Waals surface area contributed by atoms with Crippen LogP contribution in [0.3, 0.4) is 0 Å². The maximum absolute atomic E-state index is 14.3. The van der Waals surface area contributed by atoms with E-state index in [9.17, 15) is 33.6 Å². The SMILES string of the molecule is C=CCNC(=O)C(=O)C(CCCC)NC(=O)[C@@H]1[C@@H](C(Cl)Cl)CCN1C(=O)[C@@H](NC(=O)N[C@H](CN1C(=O)CCCC1=O)C(C)(C)C)C(C)(C)C. The van der Waals surface area contributed by atoms with Crippen molar-refractivity contribution in [3.8, 4) is 0 Å². The van der Waals surface area contributed by atoms with Gasteiger partial charge in [0.2, 0.25) is 29.4 Å². The number of rotatable bonds is 15. The molecule has 2 fully saturated rings. The van der Waals surface area contributed by atoms with Crippen molar-refractivity contribution in [2.24, 2.45) is 16.7 Å². The highest BCUT2D eigenvalue weighted by molar-refractivity contribution is 6.44. The maximum atomic E-state index is 14.3. The monoisotopic (exact) mass is 728 g/mol. The van der Waals surface area contributed by atoms with Gasteiger partial charge in [0.25, 0.3) is 5.91 Å². The van der Waals surface area contributed by atoms with Crippen molar-refractivity contribution in [1.29, 1.82) is 0 Å². The number of hydrogen-bond donors (Lipinski definition) is 4. The van der Waals surface area contributed by atoms with Crippen LogP contribution in [0.5, 0.6) is 0 Å². The smallest absolute Gasteiger partial charge is 0.315 e. The summed E-state index contributed by atoms with van der Waals surface area (Å²) in [5.74, 6) is -4.22. The summed E-state index contributed by atoms with van der Waals surface area (Å²) in [6, 6.07) is -4.79. The van der Waals surface area contributed by atoms with E-state index in [-0.39, 0.29) is 57.1 Å². The largest absolute Gasteiger partial charge is 0.346 e. The van der Waals surface area contributed by atoms with E-state index in [0.717, 1.165) is 0 Å². The molecule has 49 heavy (non-hydrogen) atoms. The third-order valence-electron chi connectivity index (χ3n) is 8.92. The van der Waals surface area contributed by atoms with Crippen LogP contribution >= 0.6 is 23.2 Å². The van der Waals surface area contributed by atoms with Gasteiger partial charge in [-0.25, -0.2) is 4.79 Å². The van der Waals surface area contributed by atoms with Crippen molar-refractivity contribution in [2.45, 2.75) is 122 Å². The van der Waals surface area contributed by atoms with Crippen molar-refractivity contribution in [3.63, 3.8) is 0 Å². The zero-order valence-corrected chi connectivity index (χ0v) is 31.3. The Morgan fingerprint density at radius 1 is 0.959 bits per heavy atom. The van der Waals surface area contributed by atoms with Gasteiger partial charge in [-0.15, -0.1) is 29.8 Å². The van der Waals surface area contributed by atoms with E-state index in [0.29, 0.717) is 19.3 Å². The van der Waals surface area contributed by atoms with Gasteiger partial charge in [-0.05, 0) is 30.1 Å². The summed E-state index contributed by atoms with van der Waals surface area (Å²) in [5, 5.41) is 10.8. The molecule has 0 radical (unpaired) electrons. The lowest BCUT2D eigenvalue weighted by atomic mass is 9.85. The van der Waals surface area contributed by atoms with Gasteiger partial charge in [-0.2, -0.15) is 0 Å². The Labute approximate surface area is 300 Å². The summed E-state index contributed by atoms with van der Waals surface area (Å²) in [6.07, 6.45) is 4.16. The average molecular weight is 730 g/mol. The molecule has 0 aromatic rings. The van der Waals surface area contributed by atoms with E-state index in [1.54, 1.807) is 20.8 Å². The second-order valence-corrected chi connectivity index (χ2v) is 16.1. The topological polar surface area (TPSA) is 174 Å². The number of Topliss-reactive ketones (excluding diaryl/α,β-unsaturated/α-hetero) is 1. The number of amides is 7. The van der Waals surface area contributed by atoms with Gasteiger partial charge in [-0.1, -0.05) is 67.4 Å². The van der Waals surface area contributed by atoms with Crippen molar-refractivity contribution >= 4 is 64.6 Å². The van der Waals surface area contributed by atoms with Crippen LogP contribution in [0.2, 0.25) is 0 Å². The molecule has 2 rings (SSSR count). The molecule has 0 aromatic heterocycles. The third kappa shape index (κ3) is 11.7. The fourth-order valence-electron chi connectivity index (χ4n) is 5.88. The minimum absolute atomic E-state index is 0.0187.